The van der Waals surface area contributed by atoms with Crippen LogP contribution in [-0.2, 0) is 4.79 Å². The Morgan fingerprint density at radius 3 is 2.67 bits per heavy atom. The van der Waals surface area contributed by atoms with Crippen molar-refractivity contribution in [3.63, 3.8) is 0 Å². The number of rotatable bonds is 4. The Bertz CT molecular complexity index is 944. The number of benzene rings is 2. The molecule has 2 aromatic carbocycles. The van der Waals surface area contributed by atoms with E-state index < -0.39 is 5.82 Å². The Balaban J connectivity index is 2.06. The monoisotopic (exact) mass is 344 g/mol. The number of fused-ring (bicyclic) bond motifs is 1. The average molecular weight is 345 g/mol. The zero-order valence-corrected chi connectivity index (χ0v) is 13.8. The van der Waals surface area contributed by atoms with Gasteiger partial charge in [0.25, 0.3) is 0 Å². The standard InChI is InChI=1S/C18H14ClFN2O2/c1-10-5-12-15(6-11(10)2)21-4-3-17(12)24-18-7-13(19)16(22-9-23)8-14(18)20/h3-9H,1-2H3,(H,22,23). The van der Waals surface area contributed by atoms with Crippen LogP contribution in [0.4, 0.5) is 10.1 Å². The number of aryl methyl sites for hydroxylation is 2. The predicted molar refractivity (Wildman–Crippen MR) is 92.4 cm³/mol. The quantitative estimate of drug-likeness (QED) is 0.677. The van der Waals surface area contributed by atoms with Crippen molar-refractivity contribution < 1.29 is 13.9 Å². The SMILES string of the molecule is Cc1cc2nccc(Oc3cc(Cl)c(NC=O)cc3F)c2cc1C. The van der Waals surface area contributed by atoms with Gasteiger partial charge in [-0.25, -0.2) is 4.39 Å². The van der Waals surface area contributed by atoms with Gasteiger partial charge in [0.1, 0.15) is 5.75 Å². The molecule has 0 aliphatic rings. The lowest BCUT2D eigenvalue weighted by atomic mass is 10.1. The molecular formula is C18H14ClFN2O2. The van der Waals surface area contributed by atoms with Gasteiger partial charge in [0.2, 0.25) is 6.41 Å². The van der Waals surface area contributed by atoms with Gasteiger partial charge in [-0.2, -0.15) is 0 Å². The van der Waals surface area contributed by atoms with Crippen LogP contribution in [-0.4, -0.2) is 11.4 Å². The summed E-state index contributed by atoms with van der Waals surface area (Å²) < 4.78 is 19.9. The van der Waals surface area contributed by atoms with Gasteiger partial charge in [0.05, 0.1) is 16.2 Å². The minimum atomic E-state index is -0.627. The van der Waals surface area contributed by atoms with Crippen LogP contribution in [0.5, 0.6) is 11.5 Å². The minimum Gasteiger partial charge on any atom is -0.453 e. The van der Waals surface area contributed by atoms with Gasteiger partial charge in [-0.1, -0.05) is 11.6 Å². The van der Waals surface area contributed by atoms with Gasteiger partial charge in [0, 0.05) is 23.7 Å². The summed E-state index contributed by atoms with van der Waals surface area (Å²) in [5, 5.41) is 3.30. The number of pyridine rings is 1. The Kier molecular flexibility index (Phi) is 4.36. The Labute approximate surface area is 143 Å². The van der Waals surface area contributed by atoms with E-state index >= 15 is 0 Å². The lowest BCUT2D eigenvalue weighted by molar-refractivity contribution is -0.105. The van der Waals surface area contributed by atoms with Gasteiger partial charge >= 0.3 is 0 Å². The van der Waals surface area contributed by atoms with E-state index in [-0.39, 0.29) is 16.5 Å². The van der Waals surface area contributed by atoms with Crippen molar-refractivity contribution in [2.24, 2.45) is 0 Å². The highest BCUT2D eigenvalue weighted by Crippen LogP contribution is 2.35. The molecule has 1 amide bonds. The maximum Gasteiger partial charge on any atom is 0.211 e. The second-order valence-corrected chi connectivity index (χ2v) is 5.80. The number of amides is 1. The first-order valence-electron chi connectivity index (χ1n) is 7.22. The molecule has 3 aromatic rings. The molecule has 0 unspecified atom stereocenters. The molecule has 0 bridgehead atoms. The normalized spacial score (nSPS) is 10.7. The molecule has 3 rings (SSSR count). The number of halogens is 2. The molecule has 122 valence electrons. The molecular weight excluding hydrogens is 331 g/mol. The number of nitrogens with zero attached hydrogens (tertiary/aromatic N) is 1. The molecule has 0 spiro atoms. The van der Waals surface area contributed by atoms with Crippen LogP contribution in [0, 0.1) is 19.7 Å². The van der Waals surface area contributed by atoms with E-state index in [1.165, 1.54) is 6.07 Å². The van der Waals surface area contributed by atoms with Crippen LogP contribution in [0.15, 0.2) is 36.5 Å². The number of aromatic nitrogens is 1. The fraction of sp³-hybridized carbons (Fsp3) is 0.111. The fourth-order valence-corrected chi connectivity index (χ4v) is 2.58. The summed E-state index contributed by atoms with van der Waals surface area (Å²) in [6, 6.07) is 8.02. The van der Waals surface area contributed by atoms with Crippen LogP contribution in [0.2, 0.25) is 5.02 Å². The van der Waals surface area contributed by atoms with Crippen molar-refractivity contribution in [2.45, 2.75) is 13.8 Å². The zero-order valence-electron chi connectivity index (χ0n) is 13.1. The van der Waals surface area contributed by atoms with E-state index in [9.17, 15) is 9.18 Å². The zero-order chi connectivity index (χ0) is 17.3. The lowest BCUT2D eigenvalue weighted by Gasteiger charge is -2.12. The van der Waals surface area contributed by atoms with Crippen LogP contribution in [0.1, 0.15) is 11.1 Å². The number of anilines is 1. The summed E-state index contributed by atoms with van der Waals surface area (Å²) >= 11 is 6.03. The summed E-state index contributed by atoms with van der Waals surface area (Å²) in [6.07, 6.45) is 2.04. The van der Waals surface area contributed by atoms with Crippen molar-refractivity contribution in [2.75, 3.05) is 5.32 Å². The average Bonchev–Trinajstić information content (AvgIpc) is 2.54. The molecule has 0 radical (unpaired) electrons. The maximum absolute atomic E-state index is 14.2. The highest BCUT2D eigenvalue weighted by molar-refractivity contribution is 6.33. The highest BCUT2D eigenvalue weighted by atomic mass is 35.5. The van der Waals surface area contributed by atoms with E-state index in [2.05, 4.69) is 10.3 Å². The first kappa shape index (κ1) is 16.2. The third-order valence-corrected chi connectivity index (χ3v) is 4.09. The molecule has 1 heterocycles. The van der Waals surface area contributed by atoms with Crippen molar-refractivity contribution in [1.29, 1.82) is 0 Å². The Hall–Kier alpha value is -2.66. The number of carbonyl (C=O) groups excluding carboxylic acids is 1. The van der Waals surface area contributed by atoms with Crippen molar-refractivity contribution in [1.82, 2.24) is 4.98 Å². The van der Waals surface area contributed by atoms with E-state index in [0.717, 1.165) is 28.1 Å². The molecule has 6 heteroatoms. The number of nitrogens with one attached hydrogen (secondary N) is 1. The maximum atomic E-state index is 14.2. The topological polar surface area (TPSA) is 51.2 Å². The van der Waals surface area contributed by atoms with Crippen LogP contribution < -0.4 is 10.1 Å². The summed E-state index contributed by atoms with van der Waals surface area (Å²) in [6.45, 7) is 3.99. The van der Waals surface area contributed by atoms with Gasteiger partial charge < -0.3 is 10.1 Å². The molecule has 0 atom stereocenters. The molecule has 0 aliphatic heterocycles. The first-order valence-corrected chi connectivity index (χ1v) is 7.60. The molecule has 0 fully saturated rings. The van der Waals surface area contributed by atoms with Gasteiger partial charge in [-0.15, -0.1) is 0 Å². The molecule has 4 nitrogen and oxygen atoms in total. The van der Waals surface area contributed by atoms with Crippen LogP contribution >= 0.6 is 11.6 Å². The third kappa shape index (κ3) is 3.03. The molecule has 0 saturated heterocycles. The van der Waals surface area contributed by atoms with E-state index in [4.69, 9.17) is 16.3 Å². The van der Waals surface area contributed by atoms with E-state index in [1.54, 1.807) is 12.3 Å². The molecule has 1 aromatic heterocycles. The molecule has 24 heavy (non-hydrogen) atoms. The van der Waals surface area contributed by atoms with E-state index in [0.29, 0.717) is 12.2 Å². The smallest absolute Gasteiger partial charge is 0.211 e. The van der Waals surface area contributed by atoms with Gasteiger partial charge in [0.15, 0.2) is 11.6 Å². The summed E-state index contributed by atoms with van der Waals surface area (Å²) in [7, 11) is 0. The number of hydrogen-bond acceptors (Lipinski definition) is 3. The predicted octanol–water partition coefficient (Wildman–Crippen LogP) is 5.00. The highest BCUT2D eigenvalue weighted by Gasteiger charge is 2.13. The number of carbonyl (C=O) groups is 1. The van der Waals surface area contributed by atoms with Crippen molar-refractivity contribution >= 4 is 34.6 Å². The Morgan fingerprint density at radius 1 is 1.17 bits per heavy atom. The Morgan fingerprint density at radius 2 is 1.92 bits per heavy atom. The van der Waals surface area contributed by atoms with E-state index in [1.807, 2.05) is 26.0 Å². The minimum absolute atomic E-state index is 0.0258. The summed E-state index contributed by atoms with van der Waals surface area (Å²) in [5.74, 6) is -0.172. The molecule has 1 N–H and O–H groups in total. The largest absolute Gasteiger partial charge is 0.453 e. The third-order valence-electron chi connectivity index (χ3n) is 3.77. The first-order chi connectivity index (χ1) is 11.5. The van der Waals surface area contributed by atoms with Crippen molar-refractivity contribution in [3.8, 4) is 11.5 Å². The number of ether oxygens (including phenoxy) is 1. The van der Waals surface area contributed by atoms with Crippen LogP contribution in [0.3, 0.4) is 0 Å². The fourth-order valence-electron chi connectivity index (χ4n) is 2.37. The second-order valence-electron chi connectivity index (χ2n) is 5.39. The molecule has 0 saturated carbocycles. The van der Waals surface area contributed by atoms with Crippen molar-refractivity contribution in [3.05, 3.63) is 58.5 Å². The second kappa shape index (κ2) is 6.45. The lowest BCUT2D eigenvalue weighted by Crippen LogP contribution is -1.97. The van der Waals surface area contributed by atoms with Crippen LogP contribution in [0.25, 0.3) is 10.9 Å². The molecule has 0 aliphatic carbocycles. The van der Waals surface area contributed by atoms with Gasteiger partial charge in [-0.3, -0.25) is 9.78 Å². The van der Waals surface area contributed by atoms with Gasteiger partial charge in [-0.05, 0) is 43.2 Å². The summed E-state index contributed by atoms with van der Waals surface area (Å²) in [4.78, 5) is 14.8. The number of hydrogen-bond donors (Lipinski definition) is 1. The summed E-state index contributed by atoms with van der Waals surface area (Å²) in [5.41, 5.74) is 3.15.